The van der Waals surface area contributed by atoms with E-state index in [1.54, 1.807) is 6.07 Å². The van der Waals surface area contributed by atoms with Crippen LogP contribution < -0.4 is 10.6 Å². The summed E-state index contributed by atoms with van der Waals surface area (Å²) >= 11 is 3.35. The Balaban J connectivity index is 2.12. The van der Waals surface area contributed by atoms with Gasteiger partial charge >= 0.3 is 5.97 Å². The SMILES string of the molecule is NC(=O)c1c(Br)cccc1N1CCC(CCC(=O)O)C1. The van der Waals surface area contributed by atoms with Crippen molar-refractivity contribution in [1.29, 1.82) is 0 Å². The lowest BCUT2D eigenvalue weighted by Gasteiger charge is -2.21. The molecule has 1 aliphatic heterocycles. The third-order valence-electron chi connectivity index (χ3n) is 3.63. The first kappa shape index (κ1) is 14.8. The van der Waals surface area contributed by atoms with Gasteiger partial charge in [-0.1, -0.05) is 6.07 Å². The van der Waals surface area contributed by atoms with Crippen molar-refractivity contribution in [2.45, 2.75) is 19.3 Å². The molecule has 1 atom stereocenters. The first-order valence-electron chi connectivity index (χ1n) is 6.54. The van der Waals surface area contributed by atoms with E-state index in [0.717, 1.165) is 25.2 Å². The number of aliphatic carboxylic acids is 1. The number of primary amides is 1. The molecule has 3 N–H and O–H groups in total. The molecule has 1 aliphatic rings. The molecule has 0 spiro atoms. The Bertz CT molecular complexity index is 533. The molecule has 5 nitrogen and oxygen atoms in total. The van der Waals surface area contributed by atoms with E-state index >= 15 is 0 Å². The molecule has 0 aliphatic carbocycles. The summed E-state index contributed by atoms with van der Waals surface area (Å²) in [5.41, 5.74) is 6.76. The van der Waals surface area contributed by atoms with Gasteiger partial charge in [-0.3, -0.25) is 9.59 Å². The average Bonchev–Trinajstić information content (AvgIpc) is 2.84. The highest BCUT2D eigenvalue weighted by Gasteiger charge is 2.26. The van der Waals surface area contributed by atoms with Crippen LogP contribution >= 0.6 is 15.9 Å². The first-order chi connectivity index (χ1) is 9.49. The fraction of sp³-hybridized carbons (Fsp3) is 0.429. The minimum absolute atomic E-state index is 0.194. The zero-order chi connectivity index (χ0) is 14.7. The highest BCUT2D eigenvalue weighted by Crippen LogP contribution is 2.32. The van der Waals surface area contributed by atoms with E-state index in [4.69, 9.17) is 10.8 Å². The van der Waals surface area contributed by atoms with Crippen LogP contribution in [0.4, 0.5) is 5.69 Å². The third kappa shape index (κ3) is 3.30. The average molecular weight is 341 g/mol. The molecule has 1 heterocycles. The van der Waals surface area contributed by atoms with Crippen molar-refractivity contribution in [2.24, 2.45) is 11.7 Å². The lowest BCUT2D eigenvalue weighted by atomic mass is 10.0. The fourth-order valence-electron chi connectivity index (χ4n) is 2.63. The van der Waals surface area contributed by atoms with E-state index < -0.39 is 11.9 Å². The minimum atomic E-state index is -0.760. The van der Waals surface area contributed by atoms with Crippen molar-refractivity contribution in [1.82, 2.24) is 0 Å². The summed E-state index contributed by atoms with van der Waals surface area (Å²) < 4.78 is 0.691. The predicted octanol–water partition coefficient (Wildman–Crippen LogP) is 2.24. The number of hydrogen-bond acceptors (Lipinski definition) is 3. The summed E-state index contributed by atoms with van der Waals surface area (Å²) in [5, 5.41) is 8.73. The van der Waals surface area contributed by atoms with E-state index in [1.165, 1.54) is 0 Å². The fourth-order valence-corrected chi connectivity index (χ4v) is 3.19. The number of benzene rings is 1. The van der Waals surface area contributed by atoms with Crippen LogP contribution in [0.25, 0.3) is 0 Å². The van der Waals surface area contributed by atoms with Gasteiger partial charge in [-0.25, -0.2) is 0 Å². The number of rotatable bonds is 5. The van der Waals surface area contributed by atoms with Crippen molar-refractivity contribution in [3.8, 4) is 0 Å². The number of carboxylic acids is 1. The van der Waals surface area contributed by atoms with Crippen molar-refractivity contribution >= 4 is 33.5 Å². The molecule has 0 bridgehead atoms. The zero-order valence-electron chi connectivity index (χ0n) is 11.0. The quantitative estimate of drug-likeness (QED) is 0.860. The lowest BCUT2D eigenvalue weighted by Crippen LogP contribution is -2.24. The van der Waals surface area contributed by atoms with Gasteiger partial charge in [-0.2, -0.15) is 0 Å². The second-order valence-corrected chi connectivity index (χ2v) is 5.89. The molecule has 1 aromatic rings. The standard InChI is InChI=1S/C14H17BrN2O3/c15-10-2-1-3-11(13(10)14(16)20)17-7-6-9(8-17)4-5-12(18)19/h1-3,9H,4-8H2,(H2,16,20)(H,18,19). The molecule has 6 heteroatoms. The molecular weight excluding hydrogens is 324 g/mol. The molecule has 0 radical (unpaired) electrons. The number of carboxylic acid groups (broad SMARTS) is 1. The van der Waals surface area contributed by atoms with E-state index in [0.29, 0.717) is 22.4 Å². The summed E-state index contributed by atoms with van der Waals surface area (Å²) in [5.74, 6) is -0.865. The maximum Gasteiger partial charge on any atom is 0.303 e. The summed E-state index contributed by atoms with van der Waals surface area (Å²) in [6.45, 7) is 1.59. The molecule has 1 unspecified atom stereocenters. The highest BCUT2D eigenvalue weighted by molar-refractivity contribution is 9.10. The Morgan fingerprint density at radius 1 is 1.45 bits per heavy atom. The van der Waals surface area contributed by atoms with Gasteiger partial charge in [0.05, 0.1) is 11.3 Å². The topological polar surface area (TPSA) is 83.6 Å². The molecule has 0 saturated carbocycles. The van der Waals surface area contributed by atoms with Crippen molar-refractivity contribution in [3.05, 3.63) is 28.2 Å². The van der Waals surface area contributed by atoms with Gasteiger partial charge in [0, 0.05) is 24.0 Å². The summed E-state index contributed by atoms with van der Waals surface area (Å²) in [4.78, 5) is 24.3. The van der Waals surface area contributed by atoms with Crippen LogP contribution in [0, 0.1) is 5.92 Å². The smallest absolute Gasteiger partial charge is 0.303 e. The van der Waals surface area contributed by atoms with Crippen LogP contribution in [0.3, 0.4) is 0 Å². The molecule has 0 aromatic heterocycles. The molecular formula is C14H17BrN2O3. The van der Waals surface area contributed by atoms with Crippen molar-refractivity contribution in [2.75, 3.05) is 18.0 Å². The van der Waals surface area contributed by atoms with E-state index in [9.17, 15) is 9.59 Å². The highest BCUT2D eigenvalue weighted by atomic mass is 79.9. The second kappa shape index (κ2) is 6.26. The van der Waals surface area contributed by atoms with E-state index in [-0.39, 0.29) is 6.42 Å². The largest absolute Gasteiger partial charge is 0.481 e. The predicted molar refractivity (Wildman–Crippen MR) is 79.8 cm³/mol. The molecule has 2 rings (SSSR count). The Hall–Kier alpha value is -1.56. The van der Waals surface area contributed by atoms with E-state index in [2.05, 4.69) is 20.8 Å². The number of halogens is 1. The van der Waals surface area contributed by atoms with Crippen LogP contribution in [0.1, 0.15) is 29.6 Å². The maximum atomic E-state index is 11.6. The van der Waals surface area contributed by atoms with Crippen LogP contribution in [0.5, 0.6) is 0 Å². The number of nitrogens with zero attached hydrogens (tertiary/aromatic N) is 1. The van der Waals surface area contributed by atoms with Crippen molar-refractivity contribution in [3.63, 3.8) is 0 Å². The Morgan fingerprint density at radius 3 is 2.85 bits per heavy atom. The van der Waals surface area contributed by atoms with Gasteiger partial charge < -0.3 is 15.7 Å². The summed E-state index contributed by atoms with van der Waals surface area (Å²) in [6.07, 6.45) is 1.81. The monoisotopic (exact) mass is 340 g/mol. The molecule has 108 valence electrons. The molecule has 1 aromatic carbocycles. The number of hydrogen-bond donors (Lipinski definition) is 2. The Kier molecular flexibility index (Phi) is 4.65. The van der Waals surface area contributed by atoms with Gasteiger partial charge in [0.2, 0.25) is 0 Å². The lowest BCUT2D eigenvalue weighted by molar-refractivity contribution is -0.137. The van der Waals surface area contributed by atoms with Gasteiger partial charge in [-0.05, 0) is 46.8 Å². The van der Waals surface area contributed by atoms with Crippen LogP contribution in [0.15, 0.2) is 22.7 Å². The van der Waals surface area contributed by atoms with Gasteiger partial charge in [0.25, 0.3) is 5.91 Å². The minimum Gasteiger partial charge on any atom is -0.481 e. The normalized spacial score (nSPS) is 18.2. The van der Waals surface area contributed by atoms with Gasteiger partial charge in [-0.15, -0.1) is 0 Å². The Morgan fingerprint density at radius 2 is 2.20 bits per heavy atom. The Labute approximate surface area is 125 Å². The zero-order valence-corrected chi connectivity index (χ0v) is 12.6. The number of anilines is 1. The number of nitrogens with two attached hydrogens (primary N) is 1. The second-order valence-electron chi connectivity index (χ2n) is 5.03. The van der Waals surface area contributed by atoms with Crippen LogP contribution in [-0.4, -0.2) is 30.1 Å². The van der Waals surface area contributed by atoms with Crippen LogP contribution in [0.2, 0.25) is 0 Å². The summed E-state index contributed by atoms with van der Waals surface area (Å²) in [7, 11) is 0. The summed E-state index contributed by atoms with van der Waals surface area (Å²) in [6, 6.07) is 5.54. The number of carbonyl (C=O) groups is 2. The third-order valence-corrected chi connectivity index (χ3v) is 4.29. The molecule has 1 saturated heterocycles. The van der Waals surface area contributed by atoms with E-state index in [1.807, 2.05) is 12.1 Å². The molecule has 1 fully saturated rings. The number of carbonyl (C=O) groups excluding carboxylic acids is 1. The van der Waals surface area contributed by atoms with Crippen molar-refractivity contribution < 1.29 is 14.7 Å². The maximum absolute atomic E-state index is 11.6. The van der Waals surface area contributed by atoms with Gasteiger partial charge in [0.15, 0.2) is 0 Å². The first-order valence-corrected chi connectivity index (χ1v) is 7.33. The van der Waals surface area contributed by atoms with Gasteiger partial charge in [0.1, 0.15) is 0 Å². The number of amides is 1. The molecule has 1 amide bonds. The molecule has 20 heavy (non-hydrogen) atoms. The van der Waals surface area contributed by atoms with Crippen LogP contribution in [-0.2, 0) is 4.79 Å².